The molecule has 0 saturated carbocycles. The van der Waals surface area contributed by atoms with E-state index in [0.29, 0.717) is 6.10 Å². The van der Waals surface area contributed by atoms with Crippen molar-refractivity contribution >= 4 is 0 Å². The van der Waals surface area contributed by atoms with Gasteiger partial charge in [-0.25, -0.2) is 0 Å². The number of methoxy groups -OCH3 is 2. The lowest BCUT2D eigenvalue weighted by Gasteiger charge is -2.12. The van der Waals surface area contributed by atoms with E-state index in [1.54, 1.807) is 7.11 Å². The molecular weight excluding hydrogens is 272 g/mol. The Kier molecular flexibility index (Phi) is 18.4. The molecule has 0 fully saturated rings. The predicted octanol–water partition coefficient (Wildman–Crippen LogP) is 6.30. The highest BCUT2D eigenvalue weighted by Gasteiger charge is 2.04. The van der Waals surface area contributed by atoms with Gasteiger partial charge in [-0.05, 0) is 32.1 Å². The molecule has 0 radical (unpaired) electrons. The molecule has 0 saturated heterocycles. The minimum absolute atomic E-state index is 0.425. The predicted molar refractivity (Wildman–Crippen MR) is 97.5 cm³/mol. The molecule has 0 aliphatic rings. The lowest BCUT2D eigenvalue weighted by atomic mass is 10.1. The van der Waals surface area contributed by atoms with E-state index in [9.17, 15) is 0 Å². The lowest BCUT2D eigenvalue weighted by molar-refractivity contribution is 0.0952. The van der Waals surface area contributed by atoms with Gasteiger partial charge in [-0.2, -0.15) is 0 Å². The van der Waals surface area contributed by atoms with Gasteiger partial charge in [-0.1, -0.05) is 70.4 Å². The van der Waals surface area contributed by atoms with Crippen molar-refractivity contribution in [3.05, 3.63) is 12.2 Å². The van der Waals surface area contributed by atoms with Crippen LogP contribution in [0.1, 0.15) is 90.4 Å². The smallest absolute Gasteiger partial charge is 0.0605 e. The van der Waals surface area contributed by atoms with E-state index in [2.05, 4.69) is 19.1 Å². The first kappa shape index (κ1) is 21.7. The molecule has 0 bridgehead atoms. The molecule has 2 heteroatoms. The summed E-state index contributed by atoms with van der Waals surface area (Å²) in [7, 11) is 3.63. The van der Waals surface area contributed by atoms with E-state index in [1.807, 2.05) is 7.11 Å². The zero-order chi connectivity index (χ0) is 16.3. The standard InChI is InChI=1S/C20H40O2/c1-4-5-6-14-17-20(22-3)18-15-12-10-8-7-9-11-13-16-19-21-2/h12,15,20H,4-11,13-14,16-19H2,1-3H3. The molecule has 0 aromatic carbocycles. The van der Waals surface area contributed by atoms with Crippen LogP contribution in [0.4, 0.5) is 0 Å². The number of hydrogen-bond acceptors (Lipinski definition) is 2. The maximum absolute atomic E-state index is 5.56. The van der Waals surface area contributed by atoms with Crippen molar-refractivity contribution in [3.8, 4) is 0 Å². The maximum atomic E-state index is 5.56. The fourth-order valence-corrected chi connectivity index (χ4v) is 2.71. The van der Waals surface area contributed by atoms with Crippen LogP contribution in [0, 0.1) is 0 Å². The Bertz CT molecular complexity index is 226. The first-order valence-corrected chi connectivity index (χ1v) is 9.51. The molecule has 2 nitrogen and oxygen atoms in total. The summed E-state index contributed by atoms with van der Waals surface area (Å²) in [6.45, 7) is 3.18. The summed E-state index contributed by atoms with van der Waals surface area (Å²) in [6.07, 6.45) is 21.9. The Balaban J connectivity index is 3.36. The van der Waals surface area contributed by atoms with E-state index in [1.165, 1.54) is 77.0 Å². The Morgan fingerprint density at radius 3 is 2.14 bits per heavy atom. The minimum atomic E-state index is 0.425. The maximum Gasteiger partial charge on any atom is 0.0605 e. The molecule has 1 atom stereocenters. The number of unbranched alkanes of at least 4 members (excludes halogenated alkanes) is 9. The third-order valence-corrected chi connectivity index (χ3v) is 4.25. The van der Waals surface area contributed by atoms with Gasteiger partial charge in [-0.15, -0.1) is 0 Å². The van der Waals surface area contributed by atoms with Crippen molar-refractivity contribution in [1.82, 2.24) is 0 Å². The van der Waals surface area contributed by atoms with E-state index in [-0.39, 0.29) is 0 Å². The summed E-state index contributed by atoms with van der Waals surface area (Å²) in [5.41, 5.74) is 0. The molecule has 0 N–H and O–H groups in total. The van der Waals surface area contributed by atoms with Crippen molar-refractivity contribution in [2.75, 3.05) is 20.8 Å². The van der Waals surface area contributed by atoms with Crippen molar-refractivity contribution in [3.63, 3.8) is 0 Å². The second-order valence-corrected chi connectivity index (χ2v) is 6.32. The molecule has 22 heavy (non-hydrogen) atoms. The Morgan fingerprint density at radius 2 is 1.45 bits per heavy atom. The van der Waals surface area contributed by atoms with Gasteiger partial charge in [0.1, 0.15) is 0 Å². The van der Waals surface area contributed by atoms with Crippen molar-refractivity contribution in [2.24, 2.45) is 0 Å². The molecule has 0 aliphatic carbocycles. The van der Waals surface area contributed by atoms with Gasteiger partial charge in [0.2, 0.25) is 0 Å². The van der Waals surface area contributed by atoms with Crippen LogP contribution >= 0.6 is 0 Å². The first-order chi connectivity index (χ1) is 10.8. The Morgan fingerprint density at radius 1 is 0.773 bits per heavy atom. The van der Waals surface area contributed by atoms with Gasteiger partial charge in [0.05, 0.1) is 6.10 Å². The topological polar surface area (TPSA) is 18.5 Å². The summed E-state index contributed by atoms with van der Waals surface area (Å²) in [5.74, 6) is 0. The largest absolute Gasteiger partial charge is 0.385 e. The summed E-state index contributed by atoms with van der Waals surface area (Å²) < 4.78 is 10.6. The number of rotatable bonds is 17. The van der Waals surface area contributed by atoms with Crippen LogP contribution in [-0.4, -0.2) is 26.9 Å². The summed E-state index contributed by atoms with van der Waals surface area (Å²) in [6, 6.07) is 0. The van der Waals surface area contributed by atoms with Crippen LogP contribution in [0.2, 0.25) is 0 Å². The third-order valence-electron chi connectivity index (χ3n) is 4.25. The van der Waals surface area contributed by atoms with Gasteiger partial charge in [0.15, 0.2) is 0 Å². The summed E-state index contributed by atoms with van der Waals surface area (Å²) in [4.78, 5) is 0. The van der Waals surface area contributed by atoms with Crippen LogP contribution in [0.25, 0.3) is 0 Å². The van der Waals surface area contributed by atoms with Crippen LogP contribution in [-0.2, 0) is 9.47 Å². The highest BCUT2D eigenvalue weighted by atomic mass is 16.5. The van der Waals surface area contributed by atoms with Crippen molar-refractivity contribution in [2.45, 2.75) is 96.5 Å². The molecule has 0 aromatic heterocycles. The highest BCUT2D eigenvalue weighted by Crippen LogP contribution is 2.12. The zero-order valence-electron chi connectivity index (χ0n) is 15.4. The molecule has 0 rings (SSSR count). The molecule has 0 amide bonds. The van der Waals surface area contributed by atoms with Crippen LogP contribution in [0.5, 0.6) is 0 Å². The highest BCUT2D eigenvalue weighted by molar-refractivity contribution is 4.84. The SMILES string of the molecule is CCCCCCC(CC=CCCCCCCCCOC)OC. The fraction of sp³-hybridized carbons (Fsp3) is 0.900. The van der Waals surface area contributed by atoms with Crippen LogP contribution < -0.4 is 0 Å². The lowest BCUT2D eigenvalue weighted by Crippen LogP contribution is -2.08. The minimum Gasteiger partial charge on any atom is -0.385 e. The number of hydrogen-bond donors (Lipinski definition) is 0. The first-order valence-electron chi connectivity index (χ1n) is 9.51. The van der Waals surface area contributed by atoms with E-state index >= 15 is 0 Å². The molecule has 0 spiro atoms. The molecular formula is C20H40O2. The average Bonchev–Trinajstić information content (AvgIpc) is 2.54. The Labute approximate surface area is 139 Å². The molecule has 0 heterocycles. The van der Waals surface area contributed by atoms with Crippen LogP contribution in [0.3, 0.4) is 0 Å². The van der Waals surface area contributed by atoms with E-state index in [4.69, 9.17) is 9.47 Å². The van der Waals surface area contributed by atoms with Gasteiger partial charge in [-0.3, -0.25) is 0 Å². The molecule has 0 aliphatic heterocycles. The summed E-state index contributed by atoms with van der Waals surface area (Å²) in [5, 5.41) is 0. The fourth-order valence-electron chi connectivity index (χ4n) is 2.71. The van der Waals surface area contributed by atoms with Gasteiger partial charge in [0, 0.05) is 20.8 Å². The van der Waals surface area contributed by atoms with Gasteiger partial charge < -0.3 is 9.47 Å². The second-order valence-electron chi connectivity index (χ2n) is 6.32. The molecule has 0 aromatic rings. The van der Waals surface area contributed by atoms with Crippen molar-refractivity contribution < 1.29 is 9.47 Å². The second kappa shape index (κ2) is 18.7. The number of ether oxygens (including phenoxy) is 2. The monoisotopic (exact) mass is 312 g/mol. The van der Waals surface area contributed by atoms with Crippen LogP contribution in [0.15, 0.2) is 12.2 Å². The zero-order valence-corrected chi connectivity index (χ0v) is 15.4. The van der Waals surface area contributed by atoms with Crippen molar-refractivity contribution in [1.29, 1.82) is 0 Å². The quantitative estimate of drug-likeness (QED) is 0.232. The summed E-state index contributed by atoms with van der Waals surface area (Å²) >= 11 is 0. The van der Waals surface area contributed by atoms with E-state index < -0.39 is 0 Å². The van der Waals surface area contributed by atoms with E-state index in [0.717, 1.165) is 13.0 Å². The number of allylic oxidation sites excluding steroid dienone is 1. The third kappa shape index (κ3) is 16.0. The average molecular weight is 313 g/mol. The van der Waals surface area contributed by atoms with Gasteiger partial charge in [0.25, 0.3) is 0 Å². The molecule has 132 valence electrons. The Hall–Kier alpha value is -0.340. The van der Waals surface area contributed by atoms with Gasteiger partial charge >= 0.3 is 0 Å². The molecule has 1 unspecified atom stereocenters. The normalized spacial score (nSPS) is 13.0.